The van der Waals surface area contributed by atoms with Crippen molar-refractivity contribution in [1.29, 1.82) is 0 Å². The van der Waals surface area contributed by atoms with Crippen molar-refractivity contribution in [2.45, 2.75) is 32.4 Å². The van der Waals surface area contributed by atoms with Crippen molar-refractivity contribution < 1.29 is 13.6 Å². The maximum atomic E-state index is 13.6. The molecule has 4 rings (SSSR count). The van der Waals surface area contributed by atoms with E-state index in [0.717, 1.165) is 42.8 Å². The van der Waals surface area contributed by atoms with Crippen LogP contribution in [-0.2, 0) is 6.54 Å². The topological polar surface area (TPSA) is 45.2 Å². The van der Waals surface area contributed by atoms with Crippen LogP contribution in [0, 0.1) is 24.5 Å². The quantitative estimate of drug-likeness (QED) is 0.589. The average Bonchev–Trinajstić information content (AvgIpc) is 2.81. The van der Waals surface area contributed by atoms with Crippen LogP contribution >= 0.6 is 0 Å². The Morgan fingerprint density at radius 2 is 1.94 bits per heavy atom. The van der Waals surface area contributed by atoms with Gasteiger partial charge in [-0.3, -0.25) is 14.7 Å². The van der Waals surface area contributed by atoms with Crippen LogP contribution in [-0.4, -0.2) is 28.9 Å². The van der Waals surface area contributed by atoms with Gasteiger partial charge in [0.25, 0.3) is 5.91 Å². The summed E-state index contributed by atoms with van der Waals surface area (Å²) in [5, 5.41) is 3.22. The number of amides is 1. The minimum atomic E-state index is -0.834. The van der Waals surface area contributed by atoms with Crippen LogP contribution < -0.4 is 5.32 Å². The molecular formula is C26H27F2N3O. The van der Waals surface area contributed by atoms with Crippen molar-refractivity contribution in [2.75, 3.05) is 13.1 Å². The molecule has 0 spiro atoms. The van der Waals surface area contributed by atoms with Crippen LogP contribution in [0.3, 0.4) is 0 Å². The summed E-state index contributed by atoms with van der Waals surface area (Å²) in [5.41, 5.74) is 3.15. The molecule has 1 aromatic heterocycles. The largest absolute Gasteiger partial charge is 0.343 e. The number of hydrogen-bond donors (Lipinski definition) is 1. The van der Waals surface area contributed by atoms with Crippen LogP contribution in [0.4, 0.5) is 8.78 Å². The van der Waals surface area contributed by atoms with E-state index < -0.39 is 11.6 Å². The number of benzene rings is 2. The number of carbonyl (C=O) groups is 1. The monoisotopic (exact) mass is 435 g/mol. The molecule has 1 saturated heterocycles. The Hall–Kier alpha value is -3.12. The molecule has 0 radical (unpaired) electrons. The van der Waals surface area contributed by atoms with Gasteiger partial charge in [-0.2, -0.15) is 0 Å². The molecule has 1 aliphatic heterocycles. The minimum absolute atomic E-state index is 0.114. The first-order chi connectivity index (χ1) is 15.5. The molecule has 1 fully saturated rings. The maximum absolute atomic E-state index is 13.6. The molecular weight excluding hydrogens is 408 g/mol. The van der Waals surface area contributed by atoms with Gasteiger partial charge in [0.2, 0.25) is 0 Å². The fourth-order valence-electron chi connectivity index (χ4n) is 4.44. The number of likely N-dealkylation sites (tertiary alicyclic amines) is 1. The molecule has 32 heavy (non-hydrogen) atoms. The Bertz CT molecular complexity index is 1070. The first-order valence-electron chi connectivity index (χ1n) is 10.9. The second kappa shape index (κ2) is 10.0. The van der Waals surface area contributed by atoms with Gasteiger partial charge in [-0.1, -0.05) is 30.3 Å². The number of aryl methyl sites for hydroxylation is 1. The Morgan fingerprint density at radius 1 is 1.12 bits per heavy atom. The normalized spacial score (nSPS) is 17.7. The van der Waals surface area contributed by atoms with E-state index in [4.69, 9.17) is 0 Å². The smallest absolute Gasteiger partial charge is 0.252 e. The molecule has 4 nitrogen and oxygen atoms in total. The molecule has 2 aromatic carbocycles. The summed E-state index contributed by atoms with van der Waals surface area (Å²) >= 11 is 0. The lowest BCUT2D eigenvalue weighted by Crippen LogP contribution is -2.43. The van der Waals surface area contributed by atoms with Gasteiger partial charge < -0.3 is 5.32 Å². The summed E-state index contributed by atoms with van der Waals surface area (Å²) in [6.45, 7) is 4.06. The van der Waals surface area contributed by atoms with Crippen molar-refractivity contribution in [3.8, 4) is 0 Å². The first kappa shape index (κ1) is 22.1. The summed E-state index contributed by atoms with van der Waals surface area (Å²) in [6.07, 6.45) is 3.64. The third kappa shape index (κ3) is 5.19. The van der Waals surface area contributed by atoms with Crippen molar-refractivity contribution in [1.82, 2.24) is 15.2 Å². The molecule has 3 aromatic rings. The van der Waals surface area contributed by atoms with E-state index in [1.165, 1.54) is 12.1 Å². The van der Waals surface area contributed by atoms with E-state index in [2.05, 4.69) is 15.2 Å². The Morgan fingerprint density at radius 3 is 2.69 bits per heavy atom. The molecule has 1 amide bonds. The number of nitrogens with one attached hydrogen (secondary N) is 1. The van der Waals surface area contributed by atoms with E-state index in [-0.39, 0.29) is 17.9 Å². The van der Waals surface area contributed by atoms with Gasteiger partial charge in [0.1, 0.15) is 0 Å². The summed E-state index contributed by atoms with van der Waals surface area (Å²) in [4.78, 5) is 19.9. The summed E-state index contributed by atoms with van der Waals surface area (Å²) < 4.78 is 26.9. The van der Waals surface area contributed by atoms with E-state index in [9.17, 15) is 13.6 Å². The van der Waals surface area contributed by atoms with E-state index >= 15 is 0 Å². The molecule has 2 unspecified atom stereocenters. The number of piperidine rings is 1. The van der Waals surface area contributed by atoms with Crippen molar-refractivity contribution in [3.05, 3.63) is 101 Å². The highest BCUT2D eigenvalue weighted by atomic mass is 19.2. The van der Waals surface area contributed by atoms with Gasteiger partial charge in [-0.05, 0) is 73.7 Å². The molecule has 1 aliphatic rings. The summed E-state index contributed by atoms with van der Waals surface area (Å²) in [6, 6.07) is 17.1. The second-order valence-corrected chi connectivity index (χ2v) is 8.41. The zero-order valence-corrected chi connectivity index (χ0v) is 18.1. The zero-order valence-electron chi connectivity index (χ0n) is 18.1. The average molecular weight is 436 g/mol. The van der Waals surface area contributed by atoms with Crippen molar-refractivity contribution in [2.24, 2.45) is 5.92 Å². The number of rotatable bonds is 6. The van der Waals surface area contributed by atoms with Crippen LogP contribution in [0.25, 0.3) is 0 Å². The number of halogens is 2. The fourth-order valence-corrected chi connectivity index (χ4v) is 4.44. The molecule has 0 saturated carbocycles. The lowest BCUT2D eigenvalue weighted by molar-refractivity contribution is 0.0874. The molecule has 6 heteroatoms. The maximum Gasteiger partial charge on any atom is 0.252 e. The molecule has 0 bridgehead atoms. The molecule has 1 N–H and O–H groups in total. The van der Waals surface area contributed by atoms with Gasteiger partial charge in [0, 0.05) is 24.8 Å². The Kier molecular flexibility index (Phi) is 6.90. The SMILES string of the molecule is Cc1ccccc1C(=O)NC(c1ccccn1)C1CCCN(Cc2ccc(F)c(F)c2)C1. The predicted octanol–water partition coefficient (Wildman–Crippen LogP) is 5.05. The highest BCUT2D eigenvalue weighted by Crippen LogP contribution is 2.30. The minimum Gasteiger partial charge on any atom is -0.343 e. The van der Waals surface area contributed by atoms with Gasteiger partial charge in [-0.25, -0.2) is 8.78 Å². The molecule has 0 aliphatic carbocycles. The zero-order chi connectivity index (χ0) is 22.5. The number of aromatic nitrogens is 1. The van der Waals surface area contributed by atoms with Gasteiger partial charge in [-0.15, -0.1) is 0 Å². The third-order valence-corrected chi connectivity index (χ3v) is 6.09. The summed E-state index contributed by atoms with van der Waals surface area (Å²) in [5.74, 6) is -1.62. The Labute approximate surface area is 187 Å². The lowest BCUT2D eigenvalue weighted by atomic mass is 9.88. The second-order valence-electron chi connectivity index (χ2n) is 8.41. The van der Waals surface area contributed by atoms with Crippen molar-refractivity contribution in [3.63, 3.8) is 0 Å². The van der Waals surface area contributed by atoms with E-state index in [0.29, 0.717) is 12.1 Å². The highest BCUT2D eigenvalue weighted by Gasteiger charge is 2.31. The van der Waals surface area contributed by atoms with E-state index in [1.807, 2.05) is 49.4 Å². The highest BCUT2D eigenvalue weighted by molar-refractivity contribution is 5.95. The van der Waals surface area contributed by atoms with Gasteiger partial charge in [0.05, 0.1) is 11.7 Å². The van der Waals surface area contributed by atoms with Gasteiger partial charge >= 0.3 is 0 Å². The first-order valence-corrected chi connectivity index (χ1v) is 10.9. The standard InChI is InChI=1S/C26H27F2N3O/c1-18-7-2-3-9-21(18)26(32)30-25(24-10-4-5-13-29-24)20-8-6-14-31(17-20)16-19-11-12-22(27)23(28)15-19/h2-5,7,9-13,15,20,25H,6,8,14,16-17H2,1H3,(H,30,32). The fraction of sp³-hybridized carbons (Fsp3) is 0.308. The van der Waals surface area contributed by atoms with Crippen LogP contribution in [0.2, 0.25) is 0 Å². The lowest BCUT2D eigenvalue weighted by Gasteiger charge is -2.37. The van der Waals surface area contributed by atoms with E-state index in [1.54, 1.807) is 12.3 Å². The molecule has 2 heterocycles. The predicted molar refractivity (Wildman–Crippen MR) is 120 cm³/mol. The molecule has 166 valence electrons. The summed E-state index contributed by atoms with van der Waals surface area (Å²) in [7, 11) is 0. The van der Waals surface area contributed by atoms with Crippen LogP contribution in [0.1, 0.15) is 46.1 Å². The van der Waals surface area contributed by atoms with Crippen LogP contribution in [0.5, 0.6) is 0 Å². The molecule has 2 atom stereocenters. The Balaban J connectivity index is 1.53. The number of hydrogen-bond acceptors (Lipinski definition) is 3. The number of pyridine rings is 1. The number of carbonyl (C=O) groups excluding carboxylic acids is 1. The van der Waals surface area contributed by atoms with Crippen LogP contribution in [0.15, 0.2) is 66.9 Å². The number of nitrogens with zero attached hydrogens (tertiary/aromatic N) is 2. The third-order valence-electron chi connectivity index (χ3n) is 6.09. The van der Waals surface area contributed by atoms with Gasteiger partial charge in [0.15, 0.2) is 11.6 Å². The van der Waals surface area contributed by atoms with Crippen molar-refractivity contribution >= 4 is 5.91 Å².